The molecule has 1 saturated heterocycles. The van der Waals surface area contributed by atoms with E-state index in [1.54, 1.807) is 6.07 Å². The van der Waals surface area contributed by atoms with Gasteiger partial charge in [0.05, 0.1) is 12.6 Å². The van der Waals surface area contributed by atoms with Gasteiger partial charge in [0.25, 0.3) is 0 Å². The number of nitrogens with zero attached hydrogens (tertiary/aromatic N) is 1. The molecular weight excluding hydrogens is 271 g/mol. The first-order valence-corrected chi connectivity index (χ1v) is 7.72. The van der Waals surface area contributed by atoms with Gasteiger partial charge in [-0.1, -0.05) is 12.1 Å². The number of ether oxygens (including phenoxy) is 1. The van der Waals surface area contributed by atoms with Crippen molar-refractivity contribution in [3.8, 4) is 5.75 Å². The van der Waals surface area contributed by atoms with E-state index in [4.69, 9.17) is 4.74 Å². The molecule has 1 N–H and O–H groups in total. The first-order valence-electron chi connectivity index (χ1n) is 7.72. The zero-order chi connectivity index (χ0) is 14.4. The van der Waals surface area contributed by atoms with Crippen LogP contribution in [0.2, 0.25) is 0 Å². The monoisotopic (exact) mass is 290 g/mol. The van der Waals surface area contributed by atoms with Crippen LogP contribution < -0.4 is 10.1 Å². The van der Waals surface area contributed by atoms with E-state index < -0.39 is 0 Å². The lowest BCUT2D eigenvalue weighted by atomic mass is 10.0. The molecule has 3 atom stereocenters. The second-order valence-corrected chi connectivity index (χ2v) is 6.20. The van der Waals surface area contributed by atoms with E-state index >= 15 is 0 Å². The van der Waals surface area contributed by atoms with Crippen LogP contribution in [0.4, 0.5) is 9.18 Å². The maximum Gasteiger partial charge on any atom is 0.318 e. The molecule has 5 heteroatoms. The summed E-state index contributed by atoms with van der Waals surface area (Å²) < 4.78 is 19.2. The van der Waals surface area contributed by atoms with E-state index in [0.717, 1.165) is 24.9 Å². The van der Waals surface area contributed by atoms with E-state index in [1.807, 2.05) is 11.0 Å². The van der Waals surface area contributed by atoms with Crippen LogP contribution in [-0.4, -0.2) is 30.1 Å². The summed E-state index contributed by atoms with van der Waals surface area (Å²) in [5, 5.41) is 3.07. The first kappa shape index (κ1) is 12.9. The number of carbonyl (C=O) groups is 1. The highest BCUT2D eigenvalue weighted by Gasteiger charge is 2.46. The topological polar surface area (TPSA) is 41.6 Å². The highest BCUT2D eigenvalue weighted by Crippen LogP contribution is 2.43. The molecule has 2 unspecified atom stereocenters. The van der Waals surface area contributed by atoms with Gasteiger partial charge in [-0.2, -0.15) is 0 Å². The molecule has 1 aliphatic carbocycles. The molecule has 0 aromatic heterocycles. The summed E-state index contributed by atoms with van der Waals surface area (Å²) in [6.45, 7) is 1.27. The number of hydrogen-bond donors (Lipinski definition) is 1. The fourth-order valence-electron chi connectivity index (χ4n) is 3.63. The molecule has 2 fully saturated rings. The largest absolute Gasteiger partial charge is 0.490 e. The summed E-state index contributed by atoms with van der Waals surface area (Å²) >= 11 is 0. The number of likely N-dealkylation sites (tertiary alicyclic amines) is 1. The molecule has 4 nitrogen and oxygen atoms in total. The van der Waals surface area contributed by atoms with Crippen molar-refractivity contribution in [2.45, 2.75) is 37.8 Å². The molecule has 4 rings (SSSR count). The average molecular weight is 290 g/mol. The van der Waals surface area contributed by atoms with Gasteiger partial charge in [-0.05, 0) is 31.2 Å². The van der Waals surface area contributed by atoms with Crippen molar-refractivity contribution in [2.24, 2.45) is 5.92 Å². The number of hydrogen-bond acceptors (Lipinski definition) is 2. The Morgan fingerprint density at radius 2 is 2.29 bits per heavy atom. The fourth-order valence-corrected chi connectivity index (χ4v) is 3.63. The van der Waals surface area contributed by atoms with Gasteiger partial charge < -0.3 is 15.0 Å². The molecule has 1 aromatic rings. The molecule has 1 aromatic carbocycles. The number of halogens is 1. The minimum absolute atomic E-state index is 0.00990. The van der Waals surface area contributed by atoms with Gasteiger partial charge in [-0.3, -0.25) is 0 Å². The Morgan fingerprint density at radius 3 is 3.19 bits per heavy atom. The third kappa shape index (κ3) is 2.24. The minimum atomic E-state index is -0.355. The van der Waals surface area contributed by atoms with Crippen LogP contribution in [0.3, 0.4) is 0 Å². The number of fused-ring (bicyclic) bond motifs is 2. The Morgan fingerprint density at radius 1 is 1.38 bits per heavy atom. The van der Waals surface area contributed by atoms with Crippen LogP contribution in [0.5, 0.6) is 5.75 Å². The first-order chi connectivity index (χ1) is 10.2. The average Bonchev–Trinajstić information content (AvgIpc) is 3.27. The lowest BCUT2D eigenvalue weighted by Gasteiger charge is -2.32. The summed E-state index contributed by atoms with van der Waals surface area (Å²) in [5.41, 5.74) is 0.749. The number of carbonyl (C=O) groups excluding carboxylic acids is 1. The molecule has 0 bridgehead atoms. The summed E-state index contributed by atoms with van der Waals surface area (Å²) in [4.78, 5) is 14.4. The lowest BCUT2D eigenvalue weighted by Crippen LogP contribution is -2.46. The van der Waals surface area contributed by atoms with Gasteiger partial charge >= 0.3 is 6.03 Å². The number of benzene rings is 1. The van der Waals surface area contributed by atoms with Crippen molar-refractivity contribution in [3.63, 3.8) is 0 Å². The molecule has 112 valence electrons. The summed E-state index contributed by atoms with van der Waals surface area (Å²) in [6.07, 6.45) is 4.17. The molecule has 0 spiro atoms. The normalized spacial score (nSPS) is 30.0. The Hall–Kier alpha value is -1.78. The van der Waals surface area contributed by atoms with Crippen LogP contribution in [0, 0.1) is 11.7 Å². The lowest BCUT2D eigenvalue weighted by molar-refractivity contribution is 0.171. The van der Waals surface area contributed by atoms with Crippen LogP contribution in [0.1, 0.15) is 37.3 Å². The van der Waals surface area contributed by atoms with Gasteiger partial charge in [0, 0.05) is 24.6 Å². The van der Waals surface area contributed by atoms with Gasteiger partial charge in [-0.25, -0.2) is 9.18 Å². The zero-order valence-electron chi connectivity index (χ0n) is 11.8. The maximum absolute atomic E-state index is 13.8. The molecule has 21 heavy (non-hydrogen) atoms. The molecule has 1 saturated carbocycles. The van der Waals surface area contributed by atoms with E-state index in [0.29, 0.717) is 25.0 Å². The second kappa shape index (κ2) is 4.90. The number of nitrogens with one attached hydrogen (secondary N) is 1. The third-order valence-electron chi connectivity index (χ3n) is 4.84. The fraction of sp³-hybridized carbons (Fsp3) is 0.562. The minimum Gasteiger partial charge on any atom is -0.490 e. The number of amides is 2. The summed E-state index contributed by atoms with van der Waals surface area (Å²) in [6, 6.07) is 5.16. The number of piperidine rings is 1. The standard InChI is InChI=1S/C16H19FN2O2/c17-12-5-1-4-11-13(6-8-21-15(11)12)18-16(20)19-7-2-3-10-9-14(10)19/h1,4-5,10,13-14H,2-3,6-9H2,(H,18,20)/t10?,13-,14?/m0/s1. The number of urea groups is 1. The van der Waals surface area contributed by atoms with Crippen LogP contribution in [-0.2, 0) is 0 Å². The predicted octanol–water partition coefficient (Wildman–Crippen LogP) is 2.84. The van der Waals surface area contributed by atoms with E-state index in [2.05, 4.69) is 5.32 Å². The summed E-state index contributed by atoms with van der Waals surface area (Å²) in [7, 11) is 0. The van der Waals surface area contributed by atoms with Crippen LogP contribution in [0.15, 0.2) is 18.2 Å². The Bertz CT molecular complexity index is 577. The van der Waals surface area contributed by atoms with Crippen LogP contribution in [0.25, 0.3) is 0 Å². The van der Waals surface area contributed by atoms with Gasteiger partial charge in [-0.15, -0.1) is 0 Å². The molecule has 3 aliphatic rings. The maximum atomic E-state index is 13.8. The Balaban J connectivity index is 1.51. The van der Waals surface area contributed by atoms with E-state index in [-0.39, 0.29) is 23.6 Å². The van der Waals surface area contributed by atoms with Crippen LogP contribution >= 0.6 is 0 Å². The molecule has 2 amide bonds. The van der Waals surface area contributed by atoms with E-state index in [9.17, 15) is 9.18 Å². The number of para-hydroxylation sites is 1. The molecule has 0 radical (unpaired) electrons. The van der Waals surface area contributed by atoms with Gasteiger partial charge in [0.15, 0.2) is 11.6 Å². The van der Waals surface area contributed by atoms with Crippen molar-refractivity contribution < 1.29 is 13.9 Å². The van der Waals surface area contributed by atoms with Gasteiger partial charge in [0.2, 0.25) is 0 Å². The highest BCUT2D eigenvalue weighted by molar-refractivity contribution is 5.76. The van der Waals surface area contributed by atoms with Gasteiger partial charge in [0.1, 0.15) is 0 Å². The van der Waals surface area contributed by atoms with Crippen molar-refractivity contribution in [2.75, 3.05) is 13.2 Å². The Labute approximate surface area is 123 Å². The van der Waals surface area contributed by atoms with Crippen molar-refractivity contribution in [1.29, 1.82) is 0 Å². The third-order valence-corrected chi connectivity index (χ3v) is 4.84. The van der Waals surface area contributed by atoms with Crippen molar-refractivity contribution in [1.82, 2.24) is 10.2 Å². The SMILES string of the molecule is O=C(N[C@H]1CCOc2c(F)cccc21)N1CCCC2CC21. The van der Waals surface area contributed by atoms with Crippen molar-refractivity contribution >= 4 is 6.03 Å². The van der Waals surface area contributed by atoms with E-state index in [1.165, 1.54) is 12.5 Å². The van der Waals surface area contributed by atoms with Crippen molar-refractivity contribution in [3.05, 3.63) is 29.6 Å². The molecular formula is C16H19FN2O2. The molecule has 2 aliphatic heterocycles. The number of rotatable bonds is 1. The smallest absolute Gasteiger partial charge is 0.318 e. The second-order valence-electron chi connectivity index (χ2n) is 6.20. The molecule has 2 heterocycles. The predicted molar refractivity (Wildman–Crippen MR) is 75.6 cm³/mol. The highest BCUT2D eigenvalue weighted by atomic mass is 19.1. The summed E-state index contributed by atoms with van der Waals surface area (Å²) in [5.74, 6) is 0.646. The zero-order valence-corrected chi connectivity index (χ0v) is 11.8. The Kier molecular flexibility index (Phi) is 3.01. The quantitative estimate of drug-likeness (QED) is 0.864.